The van der Waals surface area contributed by atoms with E-state index in [1.165, 1.54) is 6.42 Å². The first-order valence-electron chi connectivity index (χ1n) is 10.2. The van der Waals surface area contributed by atoms with E-state index in [1.54, 1.807) is 13.2 Å². The average Bonchev–Trinajstić information content (AvgIpc) is 3.37. The number of aliphatic imine (C=N–C) groups is 1. The molecule has 29 heavy (non-hydrogen) atoms. The number of hydrogen-bond acceptors (Lipinski definition) is 5. The summed E-state index contributed by atoms with van der Waals surface area (Å²) in [5, 5.41) is 2.98. The first-order chi connectivity index (χ1) is 13.6. The highest BCUT2D eigenvalue weighted by molar-refractivity contribution is 14.0. The third-order valence-corrected chi connectivity index (χ3v) is 7.14. The van der Waals surface area contributed by atoms with Crippen molar-refractivity contribution in [2.45, 2.75) is 50.4 Å². The van der Waals surface area contributed by atoms with E-state index in [2.05, 4.69) is 10.0 Å². The van der Waals surface area contributed by atoms with E-state index in [4.69, 9.17) is 14.1 Å². The minimum Gasteiger partial charge on any atom is -0.469 e. The van der Waals surface area contributed by atoms with Gasteiger partial charge in [0.2, 0.25) is 10.0 Å². The van der Waals surface area contributed by atoms with Gasteiger partial charge in [-0.15, -0.1) is 24.0 Å². The lowest BCUT2D eigenvalue weighted by atomic mass is 10.1. The molecule has 2 atom stereocenters. The molecule has 10 heteroatoms. The van der Waals surface area contributed by atoms with Crippen molar-refractivity contribution in [3.05, 3.63) is 24.2 Å². The molecule has 0 amide bonds. The quantitative estimate of drug-likeness (QED) is 0.298. The topological polar surface area (TPSA) is 96.2 Å². The summed E-state index contributed by atoms with van der Waals surface area (Å²) in [6.45, 7) is 5.43. The van der Waals surface area contributed by atoms with Crippen LogP contribution in [0.25, 0.3) is 0 Å². The predicted molar refractivity (Wildman–Crippen MR) is 124 cm³/mol. The lowest BCUT2D eigenvalue weighted by Crippen LogP contribution is -2.43. The van der Waals surface area contributed by atoms with Crippen LogP contribution in [0.1, 0.15) is 38.4 Å². The summed E-state index contributed by atoms with van der Waals surface area (Å²) in [4.78, 5) is 6.82. The number of guanidine groups is 1. The smallest absolute Gasteiger partial charge is 0.216 e. The number of rotatable bonds is 8. The standard InChI is InChI=1S/C19H32N4O4S.HI/c1-2-22-28(24,25)18-9-11-23(15-18)19(20-10-8-16-7-5-13-26-16)21-14-17-6-3-4-12-27-17;/h5,7,13,17-18,22H,2-4,6,8-12,14-15H2,1H3,(H,20,21);1H. The van der Waals surface area contributed by atoms with Gasteiger partial charge >= 0.3 is 0 Å². The summed E-state index contributed by atoms with van der Waals surface area (Å²) in [5.41, 5.74) is 0. The van der Waals surface area contributed by atoms with Crippen LogP contribution in [0.3, 0.4) is 0 Å². The molecule has 2 aliphatic heterocycles. The molecule has 0 radical (unpaired) electrons. The van der Waals surface area contributed by atoms with Crippen molar-refractivity contribution in [1.29, 1.82) is 0 Å². The fraction of sp³-hybridized carbons (Fsp3) is 0.737. The first kappa shape index (κ1) is 24.4. The molecule has 2 aliphatic rings. The molecule has 3 heterocycles. The van der Waals surface area contributed by atoms with Crippen LogP contribution < -0.4 is 10.0 Å². The monoisotopic (exact) mass is 540 g/mol. The van der Waals surface area contributed by atoms with E-state index >= 15 is 0 Å². The zero-order chi connectivity index (χ0) is 19.8. The van der Waals surface area contributed by atoms with Crippen LogP contribution in [-0.4, -0.2) is 70.0 Å². The largest absolute Gasteiger partial charge is 0.469 e. The summed E-state index contributed by atoms with van der Waals surface area (Å²) >= 11 is 0. The van der Waals surface area contributed by atoms with Gasteiger partial charge in [0.15, 0.2) is 5.96 Å². The Morgan fingerprint density at radius 2 is 2.21 bits per heavy atom. The summed E-state index contributed by atoms with van der Waals surface area (Å²) in [6, 6.07) is 3.82. The molecule has 2 saturated heterocycles. The Bertz CT molecular complexity index is 721. The normalized spacial score (nSPS) is 23.1. The number of likely N-dealkylation sites (tertiary alicyclic amines) is 1. The Labute approximate surface area is 190 Å². The fourth-order valence-electron chi connectivity index (χ4n) is 3.65. The lowest BCUT2D eigenvalue weighted by Gasteiger charge is -2.25. The van der Waals surface area contributed by atoms with Crippen molar-refractivity contribution in [3.63, 3.8) is 0 Å². The average molecular weight is 540 g/mol. The highest BCUT2D eigenvalue weighted by Gasteiger charge is 2.34. The molecular weight excluding hydrogens is 507 g/mol. The van der Waals surface area contributed by atoms with Crippen LogP contribution in [0.2, 0.25) is 0 Å². The van der Waals surface area contributed by atoms with E-state index in [1.807, 2.05) is 17.0 Å². The number of nitrogens with zero attached hydrogens (tertiary/aromatic N) is 2. The highest BCUT2D eigenvalue weighted by Crippen LogP contribution is 2.17. The van der Waals surface area contributed by atoms with Crippen LogP contribution in [-0.2, 0) is 21.2 Å². The second kappa shape index (κ2) is 12.1. The summed E-state index contributed by atoms with van der Waals surface area (Å²) in [7, 11) is -3.28. The van der Waals surface area contributed by atoms with Gasteiger partial charge in [0.1, 0.15) is 5.76 Å². The van der Waals surface area contributed by atoms with E-state index in [0.29, 0.717) is 39.1 Å². The molecule has 8 nitrogen and oxygen atoms in total. The molecule has 2 fully saturated rings. The number of halogens is 1. The van der Waals surface area contributed by atoms with Gasteiger partial charge in [0.05, 0.1) is 24.2 Å². The molecule has 0 bridgehead atoms. The molecule has 166 valence electrons. The molecule has 0 saturated carbocycles. The zero-order valence-corrected chi connectivity index (χ0v) is 20.2. The molecule has 0 aromatic carbocycles. The highest BCUT2D eigenvalue weighted by atomic mass is 127. The molecule has 1 aromatic rings. The van der Waals surface area contributed by atoms with E-state index in [9.17, 15) is 8.42 Å². The van der Waals surface area contributed by atoms with Crippen molar-refractivity contribution >= 4 is 40.0 Å². The molecule has 3 rings (SSSR count). The maximum Gasteiger partial charge on any atom is 0.216 e. The molecule has 0 aliphatic carbocycles. The predicted octanol–water partition coefficient (Wildman–Crippen LogP) is 1.97. The maximum absolute atomic E-state index is 12.3. The van der Waals surface area contributed by atoms with E-state index in [0.717, 1.165) is 37.6 Å². The van der Waals surface area contributed by atoms with Crippen molar-refractivity contribution < 1.29 is 17.6 Å². The van der Waals surface area contributed by atoms with Crippen molar-refractivity contribution in [2.75, 3.05) is 39.3 Å². The number of sulfonamides is 1. The second-order valence-electron chi connectivity index (χ2n) is 7.31. The minimum atomic E-state index is -3.28. The number of ether oxygens (including phenoxy) is 1. The van der Waals surface area contributed by atoms with Gasteiger partial charge in [-0.2, -0.15) is 0 Å². The van der Waals surface area contributed by atoms with Crippen molar-refractivity contribution in [1.82, 2.24) is 14.9 Å². The molecule has 0 spiro atoms. The van der Waals surface area contributed by atoms with E-state index < -0.39 is 15.3 Å². The molecular formula is C19H33IN4O4S. The number of furan rings is 1. The van der Waals surface area contributed by atoms with Gasteiger partial charge in [-0.3, -0.25) is 4.99 Å². The van der Waals surface area contributed by atoms with E-state index in [-0.39, 0.29) is 30.1 Å². The summed E-state index contributed by atoms with van der Waals surface area (Å²) < 4.78 is 38.5. The summed E-state index contributed by atoms with van der Waals surface area (Å²) in [5.74, 6) is 1.67. The maximum atomic E-state index is 12.3. The van der Waals surface area contributed by atoms with Gasteiger partial charge < -0.3 is 19.4 Å². The van der Waals surface area contributed by atoms with Crippen LogP contribution in [0, 0.1) is 0 Å². The Hall–Kier alpha value is -0.850. The Balaban J connectivity index is 0.00000300. The Morgan fingerprint density at radius 1 is 1.34 bits per heavy atom. The fourth-order valence-corrected chi connectivity index (χ4v) is 5.08. The van der Waals surface area contributed by atoms with Gasteiger partial charge in [-0.25, -0.2) is 13.1 Å². The lowest BCUT2D eigenvalue weighted by molar-refractivity contribution is 0.0223. The van der Waals surface area contributed by atoms with Gasteiger partial charge in [0, 0.05) is 39.2 Å². The van der Waals surface area contributed by atoms with Crippen LogP contribution >= 0.6 is 24.0 Å². The minimum absolute atomic E-state index is 0. The van der Waals surface area contributed by atoms with Gasteiger partial charge in [-0.05, 0) is 37.8 Å². The number of nitrogens with one attached hydrogen (secondary N) is 2. The third-order valence-electron chi connectivity index (χ3n) is 5.18. The molecule has 2 unspecified atom stereocenters. The van der Waals surface area contributed by atoms with Crippen molar-refractivity contribution in [3.8, 4) is 0 Å². The first-order valence-corrected chi connectivity index (χ1v) is 11.8. The van der Waals surface area contributed by atoms with Crippen LogP contribution in [0.5, 0.6) is 0 Å². The van der Waals surface area contributed by atoms with Gasteiger partial charge in [-0.1, -0.05) is 6.92 Å². The van der Waals surface area contributed by atoms with Crippen LogP contribution in [0.4, 0.5) is 0 Å². The Kier molecular flexibility index (Phi) is 10.2. The zero-order valence-electron chi connectivity index (χ0n) is 17.0. The Morgan fingerprint density at radius 3 is 2.90 bits per heavy atom. The molecule has 2 N–H and O–H groups in total. The van der Waals surface area contributed by atoms with Crippen molar-refractivity contribution in [2.24, 2.45) is 4.99 Å². The third kappa shape index (κ3) is 7.41. The number of hydrogen-bond donors (Lipinski definition) is 2. The SMILES string of the molecule is CCNS(=O)(=O)C1CCN(C(=NCC2CCCCO2)NCCc2ccco2)C1.I. The summed E-state index contributed by atoms with van der Waals surface area (Å²) in [6.07, 6.45) is 6.49. The van der Waals surface area contributed by atoms with Crippen LogP contribution in [0.15, 0.2) is 27.8 Å². The second-order valence-corrected chi connectivity index (χ2v) is 9.35. The molecule has 1 aromatic heterocycles. The van der Waals surface area contributed by atoms with Gasteiger partial charge in [0.25, 0.3) is 0 Å².